The van der Waals surface area contributed by atoms with E-state index in [0.717, 1.165) is 45.7 Å². The Bertz CT molecular complexity index is 502. The van der Waals surface area contributed by atoms with E-state index in [9.17, 15) is 4.79 Å². The lowest BCUT2D eigenvalue weighted by Gasteiger charge is -2.34. The smallest absolute Gasteiger partial charge is 0.254 e. The number of amides is 1. The molecule has 1 aromatic rings. The molecule has 0 unspecified atom stereocenters. The van der Waals surface area contributed by atoms with Crippen LogP contribution in [-0.2, 0) is 4.74 Å². The minimum atomic E-state index is 0.0729. The van der Waals surface area contributed by atoms with Gasteiger partial charge in [-0.1, -0.05) is 6.07 Å². The van der Waals surface area contributed by atoms with E-state index in [0.29, 0.717) is 31.1 Å². The number of carbonyl (C=O) groups excluding carboxylic acids is 1. The molecule has 0 spiro atoms. The van der Waals surface area contributed by atoms with Crippen LogP contribution in [0, 0.1) is 0 Å². The van der Waals surface area contributed by atoms with Gasteiger partial charge in [0.1, 0.15) is 12.4 Å². The normalized spacial score (nSPS) is 15.5. The van der Waals surface area contributed by atoms with E-state index in [1.165, 1.54) is 0 Å². The summed E-state index contributed by atoms with van der Waals surface area (Å²) in [5, 5.41) is 0. The van der Waals surface area contributed by atoms with Crippen molar-refractivity contribution in [1.82, 2.24) is 9.80 Å². The molecule has 1 saturated heterocycles. The SMILES string of the molecule is CCOCCOc1cccc(C(=O)N2CCN(CCCN)CC2)c1. The van der Waals surface area contributed by atoms with Crippen molar-refractivity contribution in [2.75, 3.05) is 59.1 Å². The van der Waals surface area contributed by atoms with E-state index >= 15 is 0 Å². The van der Waals surface area contributed by atoms with Gasteiger partial charge in [-0.2, -0.15) is 0 Å². The molecular weight excluding hydrogens is 306 g/mol. The molecule has 24 heavy (non-hydrogen) atoms. The van der Waals surface area contributed by atoms with E-state index < -0.39 is 0 Å². The van der Waals surface area contributed by atoms with Crippen LogP contribution in [0.1, 0.15) is 23.7 Å². The maximum Gasteiger partial charge on any atom is 0.254 e. The van der Waals surface area contributed by atoms with Gasteiger partial charge in [0.05, 0.1) is 6.61 Å². The Morgan fingerprint density at radius 2 is 2.00 bits per heavy atom. The van der Waals surface area contributed by atoms with Crippen molar-refractivity contribution in [2.24, 2.45) is 5.73 Å². The Kier molecular flexibility index (Phi) is 8.01. The summed E-state index contributed by atoms with van der Waals surface area (Å²) >= 11 is 0. The van der Waals surface area contributed by atoms with E-state index in [4.69, 9.17) is 15.2 Å². The summed E-state index contributed by atoms with van der Waals surface area (Å²) in [7, 11) is 0. The third-order valence-electron chi connectivity index (χ3n) is 4.12. The zero-order chi connectivity index (χ0) is 17.2. The predicted molar refractivity (Wildman–Crippen MR) is 94.4 cm³/mol. The van der Waals surface area contributed by atoms with Gasteiger partial charge in [0.15, 0.2) is 0 Å². The van der Waals surface area contributed by atoms with Crippen molar-refractivity contribution in [3.8, 4) is 5.75 Å². The number of nitrogens with zero attached hydrogens (tertiary/aromatic N) is 2. The fraction of sp³-hybridized carbons (Fsp3) is 0.611. The summed E-state index contributed by atoms with van der Waals surface area (Å²) in [4.78, 5) is 16.9. The molecule has 6 nitrogen and oxygen atoms in total. The molecular formula is C18H29N3O3. The van der Waals surface area contributed by atoms with Crippen LogP contribution in [0.2, 0.25) is 0 Å². The van der Waals surface area contributed by atoms with Crippen molar-refractivity contribution >= 4 is 5.91 Å². The Balaban J connectivity index is 1.84. The molecule has 2 N–H and O–H groups in total. The average molecular weight is 335 g/mol. The molecule has 0 atom stereocenters. The fourth-order valence-electron chi connectivity index (χ4n) is 2.75. The molecule has 1 aliphatic rings. The highest BCUT2D eigenvalue weighted by atomic mass is 16.5. The van der Waals surface area contributed by atoms with Gasteiger partial charge in [0.25, 0.3) is 5.91 Å². The molecule has 0 radical (unpaired) electrons. The summed E-state index contributed by atoms with van der Waals surface area (Å²) in [6.07, 6.45) is 1.01. The highest BCUT2D eigenvalue weighted by molar-refractivity contribution is 5.94. The average Bonchev–Trinajstić information content (AvgIpc) is 2.64. The minimum Gasteiger partial charge on any atom is -0.491 e. The number of piperazine rings is 1. The first kappa shape index (κ1) is 18.7. The molecule has 0 saturated carbocycles. The monoisotopic (exact) mass is 335 g/mol. The lowest BCUT2D eigenvalue weighted by Crippen LogP contribution is -2.49. The molecule has 0 bridgehead atoms. The Morgan fingerprint density at radius 1 is 1.21 bits per heavy atom. The van der Waals surface area contributed by atoms with Crippen LogP contribution in [0.15, 0.2) is 24.3 Å². The number of rotatable bonds is 9. The summed E-state index contributed by atoms with van der Waals surface area (Å²) in [6, 6.07) is 7.39. The molecule has 0 aromatic heterocycles. The second-order valence-corrected chi connectivity index (χ2v) is 5.85. The maximum absolute atomic E-state index is 12.7. The summed E-state index contributed by atoms with van der Waals surface area (Å²) < 4.78 is 10.9. The molecule has 1 fully saturated rings. The topological polar surface area (TPSA) is 68.0 Å². The number of hydrogen-bond acceptors (Lipinski definition) is 5. The van der Waals surface area contributed by atoms with Crippen LogP contribution in [0.5, 0.6) is 5.75 Å². The van der Waals surface area contributed by atoms with Crippen molar-refractivity contribution in [3.05, 3.63) is 29.8 Å². The first-order valence-corrected chi connectivity index (χ1v) is 8.77. The lowest BCUT2D eigenvalue weighted by atomic mass is 10.1. The molecule has 134 valence electrons. The first-order chi connectivity index (χ1) is 11.7. The van der Waals surface area contributed by atoms with Crippen molar-refractivity contribution in [3.63, 3.8) is 0 Å². The molecule has 6 heteroatoms. The van der Waals surface area contributed by atoms with Gasteiger partial charge >= 0.3 is 0 Å². The summed E-state index contributed by atoms with van der Waals surface area (Å²) in [6.45, 7) is 8.76. The maximum atomic E-state index is 12.7. The van der Waals surface area contributed by atoms with Gasteiger partial charge < -0.3 is 20.1 Å². The third-order valence-corrected chi connectivity index (χ3v) is 4.12. The number of ether oxygens (including phenoxy) is 2. The van der Waals surface area contributed by atoms with Crippen molar-refractivity contribution in [2.45, 2.75) is 13.3 Å². The van der Waals surface area contributed by atoms with E-state index in [1.807, 2.05) is 36.1 Å². The number of benzene rings is 1. The van der Waals surface area contributed by atoms with Crippen LogP contribution in [0.25, 0.3) is 0 Å². The minimum absolute atomic E-state index is 0.0729. The third kappa shape index (κ3) is 5.78. The highest BCUT2D eigenvalue weighted by Crippen LogP contribution is 2.16. The molecule has 1 heterocycles. The Morgan fingerprint density at radius 3 is 2.71 bits per heavy atom. The molecule has 1 aromatic carbocycles. The quantitative estimate of drug-likeness (QED) is 0.687. The van der Waals surface area contributed by atoms with Gasteiger partial charge in [-0.15, -0.1) is 0 Å². The Labute approximate surface area is 144 Å². The van der Waals surface area contributed by atoms with Crippen LogP contribution in [0.3, 0.4) is 0 Å². The van der Waals surface area contributed by atoms with Gasteiger partial charge in [-0.25, -0.2) is 0 Å². The van der Waals surface area contributed by atoms with E-state index in [2.05, 4.69) is 4.90 Å². The largest absolute Gasteiger partial charge is 0.491 e. The predicted octanol–water partition coefficient (Wildman–Crippen LogP) is 1.21. The van der Waals surface area contributed by atoms with E-state index in [1.54, 1.807) is 0 Å². The molecule has 1 amide bonds. The van der Waals surface area contributed by atoms with Crippen LogP contribution >= 0.6 is 0 Å². The van der Waals surface area contributed by atoms with Crippen LogP contribution in [0.4, 0.5) is 0 Å². The second kappa shape index (κ2) is 10.3. The number of hydrogen-bond donors (Lipinski definition) is 1. The van der Waals surface area contributed by atoms with Gasteiger partial charge in [0, 0.05) is 38.3 Å². The van der Waals surface area contributed by atoms with Gasteiger partial charge in [0.2, 0.25) is 0 Å². The lowest BCUT2D eigenvalue weighted by molar-refractivity contribution is 0.0636. The van der Waals surface area contributed by atoms with Gasteiger partial charge in [-0.3, -0.25) is 9.69 Å². The molecule has 1 aliphatic heterocycles. The van der Waals surface area contributed by atoms with Crippen molar-refractivity contribution in [1.29, 1.82) is 0 Å². The highest BCUT2D eigenvalue weighted by Gasteiger charge is 2.22. The standard InChI is InChI=1S/C18H29N3O3/c1-2-23-13-14-24-17-6-3-5-16(15-17)18(22)21-11-9-20(10-12-21)8-4-7-19/h3,5-6,15H,2,4,7-14,19H2,1H3. The number of carbonyl (C=O) groups is 1. The van der Waals surface area contributed by atoms with Crippen molar-refractivity contribution < 1.29 is 14.3 Å². The van der Waals surface area contributed by atoms with Crippen LogP contribution < -0.4 is 10.5 Å². The summed E-state index contributed by atoms with van der Waals surface area (Å²) in [5.74, 6) is 0.783. The number of nitrogens with two attached hydrogens (primary N) is 1. The second-order valence-electron chi connectivity index (χ2n) is 5.85. The Hall–Kier alpha value is -1.63. The first-order valence-electron chi connectivity index (χ1n) is 8.77. The zero-order valence-corrected chi connectivity index (χ0v) is 14.6. The van der Waals surface area contributed by atoms with Crippen LogP contribution in [-0.4, -0.2) is 74.8 Å². The molecule has 2 rings (SSSR count). The zero-order valence-electron chi connectivity index (χ0n) is 14.6. The fourth-order valence-corrected chi connectivity index (χ4v) is 2.75. The summed E-state index contributed by atoms with van der Waals surface area (Å²) in [5.41, 5.74) is 6.23. The molecule has 0 aliphatic carbocycles. The van der Waals surface area contributed by atoms with Gasteiger partial charge in [-0.05, 0) is 44.6 Å². The van der Waals surface area contributed by atoms with E-state index in [-0.39, 0.29) is 5.91 Å².